The molecule has 5 heteroatoms. The molecule has 0 amide bonds. The number of nitrogens with two attached hydrogens (primary N) is 1. The summed E-state index contributed by atoms with van der Waals surface area (Å²) >= 11 is 1.62. The predicted octanol–water partition coefficient (Wildman–Crippen LogP) is 1.85. The molecule has 1 aromatic heterocycles. The number of aromatic nitrogens is 1. The van der Waals surface area contributed by atoms with E-state index in [0.29, 0.717) is 13.2 Å². The van der Waals surface area contributed by atoms with Gasteiger partial charge in [0, 0.05) is 25.6 Å². The first-order valence-corrected chi connectivity index (χ1v) is 5.78. The topological polar surface area (TPSA) is 57.4 Å². The summed E-state index contributed by atoms with van der Waals surface area (Å²) < 4.78 is 10.4. The van der Waals surface area contributed by atoms with Crippen LogP contribution in [0, 0.1) is 0 Å². The Bertz CT molecular complexity index is 298. The Labute approximate surface area is 94.4 Å². The second kappa shape index (κ2) is 6.17. The fraction of sp³-hybridized carbons (Fsp3) is 0.700. The van der Waals surface area contributed by atoms with Crippen molar-refractivity contribution in [3.63, 3.8) is 0 Å². The van der Waals surface area contributed by atoms with Crippen molar-refractivity contribution in [3.8, 4) is 0 Å². The van der Waals surface area contributed by atoms with E-state index in [2.05, 4.69) is 11.9 Å². The normalized spacial score (nSPS) is 13.1. The first-order chi connectivity index (χ1) is 7.26. The van der Waals surface area contributed by atoms with Crippen LogP contribution in [0.25, 0.3) is 0 Å². The van der Waals surface area contributed by atoms with Crippen LogP contribution in [-0.2, 0) is 22.6 Å². The number of ether oxygens (including phenoxy) is 2. The molecule has 15 heavy (non-hydrogen) atoms. The van der Waals surface area contributed by atoms with Crippen molar-refractivity contribution in [2.75, 3.05) is 14.2 Å². The molecule has 0 radical (unpaired) electrons. The largest absolute Gasteiger partial charge is 0.378 e. The van der Waals surface area contributed by atoms with Gasteiger partial charge in [-0.05, 0) is 6.42 Å². The lowest BCUT2D eigenvalue weighted by molar-refractivity contribution is 0.0992. The molecule has 1 atom stereocenters. The summed E-state index contributed by atoms with van der Waals surface area (Å²) in [5.41, 5.74) is 6.59. The highest BCUT2D eigenvalue weighted by atomic mass is 32.1. The van der Waals surface area contributed by atoms with Crippen molar-refractivity contribution in [1.82, 2.24) is 4.98 Å². The van der Waals surface area contributed by atoms with Crippen LogP contribution in [0.1, 0.15) is 35.0 Å². The minimum Gasteiger partial charge on any atom is -0.378 e. The number of rotatable bonds is 6. The average Bonchev–Trinajstić information content (AvgIpc) is 2.64. The molecule has 0 aliphatic carbocycles. The summed E-state index contributed by atoms with van der Waals surface area (Å²) in [7, 11) is 3.36. The molecule has 1 heterocycles. The predicted molar refractivity (Wildman–Crippen MR) is 60.8 cm³/mol. The molecule has 0 saturated heterocycles. The van der Waals surface area contributed by atoms with Crippen molar-refractivity contribution < 1.29 is 9.47 Å². The molecule has 86 valence electrons. The van der Waals surface area contributed by atoms with Crippen LogP contribution < -0.4 is 5.73 Å². The highest BCUT2D eigenvalue weighted by Gasteiger charge is 2.16. The van der Waals surface area contributed by atoms with E-state index in [9.17, 15) is 0 Å². The third-order valence-electron chi connectivity index (χ3n) is 2.19. The highest BCUT2D eigenvalue weighted by Crippen LogP contribution is 2.27. The quantitative estimate of drug-likeness (QED) is 0.810. The van der Waals surface area contributed by atoms with E-state index in [4.69, 9.17) is 15.2 Å². The van der Waals surface area contributed by atoms with Gasteiger partial charge in [-0.3, -0.25) is 0 Å². The summed E-state index contributed by atoms with van der Waals surface area (Å²) in [6, 6.07) is 0. The number of thiazole rings is 1. The molecule has 0 aliphatic rings. The third kappa shape index (κ3) is 2.98. The molecule has 0 bridgehead atoms. The van der Waals surface area contributed by atoms with Gasteiger partial charge in [-0.1, -0.05) is 6.92 Å². The summed E-state index contributed by atoms with van der Waals surface area (Å²) in [4.78, 5) is 5.59. The minimum absolute atomic E-state index is 0.0749. The van der Waals surface area contributed by atoms with E-state index >= 15 is 0 Å². The Hall–Kier alpha value is -0.490. The van der Waals surface area contributed by atoms with Crippen LogP contribution in [0.2, 0.25) is 0 Å². The Kier molecular flexibility index (Phi) is 5.17. The standard InChI is InChI=1S/C10H18N2O2S/c1-4-8(14-3)10-12-7(6-13-2)9(5-11)15-10/h8H,4-6,11H2,1-3H3. The number of methoxy groups -OCH3 is 2. The first kappa shape index (κ1) is 12.6. The fourth-order valence-corrected chi connectivity index (χ4v) is 2.50. The van der Waals surface area contributed by atoms with Gasteiger partial charge < -0.3 is 15.2 Å². The van der Waals surface area contributed by atoms with Gasteiger partial charge in [0.2, 0.25) is 0 Å². The van der Waals surface area contributed by atoms with Gasteiger partial charge in [-0.25, -0.2) is 4.98 Å². The zero-order valence-electron chi connectivity index (χ0n) is 9.45. The van der Waals surface area contributed by atoms with Gasteiger partial charge in [0.05, 0.1) is 12.3 Å². The van der Waals surface area contributed by atoms with Gasteiger partial charge in [-0.2, -0.15) is 0 Å². The van der Waals surface area contributed by atoms with Gasteiger partial charge in [0.25, 0.3) is 0 Å². The monoisotopic (exact) mass is 230 g/mol. The van der Waals surface area contributed by atoms with Crippen molar-refractivity contribution >= 4 is 11.3 Å². The summed E-state index contributed by atoms with van der Waals surface area (Å²) in [5, 5.41) is 0.993. The zero-order chi connectivity index (χ0) is 11.3. The first-order valence-electron chi connectivity index (χ1n) is 4.97. The van der Waals surface area contributed by atoms with Crippen LogP contribution in [-0.4, -0.2) is 19.2 Å². The Balaban J connectivity index is 2.90. The summed E-state index contributed by atoms with van der Waals surface area (Å²) in [6.07, 6.45) is 0.992. The smallest absolute Gasteiger partial charge is 0.122 e. The van der Waals surface area contributed by atoms with E-state index in [0.717, 1.165) is 22.0 Å². The summed E-state index contributed by atoms with van der Waals surface area (Å²) in [6.45, 7) is 3.10. The fourth-order valence-electron chi connectivity index (χ4n) is 1.39. The number of hydrogen-bond acceptors (Lipinski definition) is 5. The molecule has 1 aromatic rings. The lowest BCUT2D eigenvalue weighted by Crippen LogP contribution is -2.00. The van der Waals surface area contributed by atoms with Crippen LogP contribution in [0.4, 0.5) is 0 Å². The van der Waals surface area contributed by atoms with E-state index in [1.165, 1.54) is 0 Å². The molecule has 0 aliphatic heterocycles. The molecule has 0 spiro atoms. The maximum absolute atomic E-state index is 5.65. The van der Waals surface area contributed by atoms with Gasteiger partial charge in [0.15, 0.2) is 0 Å². The molecular weight excluding hydrogens is 212 g/mol. The van der Waals surface area contributed by atoms with Crippen LogP contribution in [0.15, 0.2) is 0 Å². The molecule has 0 saturated carbocycles. The van der Waals surface area contributed by atoms with Crippen molar-refractivity contribution in [3.05, 3.63) is 15.6 Å². The number of nitrogens with zero attached hydrogens (tertiary/aromatic N) is 1. The van der Waals surface area contributed by atoms with Crippen molar-refractivity contribution in [1.29, 1.82) is 0 Å². The molecule has 0 fully saturated rings. The number of hydrogen-bond donors (Lipinski definition) is 1. The highest BCUT2D eigenvalue weighted by molar-refractivity contribution is 7.11. The van der Waals surface area contributed by atoms with E-state index in [1.807, 2.05) is 0 Å². The lowest BCUT2D eigenvalue weighted by Gasteiger charge is -2.08. The van der Waals surface area contributed by atoms with E-state index < -0.39 is 0 Å². The van der Waals surface area contributed by atoms with Gasteiger partial charge >= 0.3 is 0 Å². The molecule has 4 nitrogen and oxygen atoms in total. The average molecular weight is 230 g/mol. The van der Waals surface area contributed by atoms with Gasteiger partial charge in [-0.15, -0.1) is 11.3 Å². The second-order valence-electron chi connectivity index (χ2n) is 3.19. The molecule has 1 rings (SSSR count). The second-order valence-corrected chi connectivity index (χ2v) is 4.31. The molecular formula is C10H18N2O2S. The third-order valence-corrected chi connectivity index (χ3v) is 3.40. The maximum Gasteiger partial charge on any atom is 0.122 e. The Morgan fingerprint density at radius 3 is 2.67 bits per heavy atom. The van der Waals surface area contributed by atoms with E-state index in [1.54, 1.807) is 25.6 Å². The Morgan fingerprint density at radius 1 is 1.47 bits per heavy atom. The van der Waals surface area contributed by atoms with Crippen LogP contribution >= 0.6 is 11.3 Å². The molecule has 0 aromatic carbocycles. The van der Waals surface area contributed by atoms with Crippen LogP contribution in [0.5, 0.6) is 0 Å². The maximum atomic E-state index is 5.65. The SMILES string of the molecule is CCC(OC)c1nc(COC)c(CN)s1. The Morgan fingerprint density at radius 2 is 2.20 bits per heavy atom. The van der Waals surface area contributed by atoms with E-state index in [-0.39, 0.29) is 6.10 Å². The minimum atomic E-state index is 0.0749. The lowest BCUT2D eigenvalue weighted by atomic mass is 10.3. The molecule has 1 unspecified atom stereocenters. The van der Waals surface area contributed by atoms with Gasteiger partial charge in [0.1, 0.15) is 11.1 Å². The summed E-state index contributed by atoms with van der Waals surface area (Å²) in [5.74, 6) is 0. The van der Waals surface area contributed by atoms with Crippen molar-refractivity contribution in [2.45, 2.75) is 32.6 Å². The zero-order valence-corrected chi connectivity index (χ0v) is 10.3. The molecule has 2 N–H and O–H groups in total. The van der Waals surface area contributed by atoms with Crippen molar-refractivity contribution in [2.24, 2.45) is 5.73 Å². The van der Waals surface area contributed by atoms with Crippen LogP contribution in [0.3, 0.4) is 0 Å².